The molecule has 86 valence electrons. The van der Waals surface area contributed by atoms with Gasteiger partial charge in [0.2, 0.25) is 0 Å². The molecule has 0 unspecified atom stereocenters. The standard InChI is InChI=1S/C13H16FNO/c14-9-2-4-13-11(6-9)10-5-8(7-16)1-3-12(10)15-13/h2,6,8,13,15-16H,1,3-5,7H2/t8-,13-/m1/s1. The first-order valence-corrected chi connectivity index (χ1v) is 5.95. The maximum absolute atomic E-state index is 13.2. The summed E-state index contributed by atoms with van der Waals surface area (Å²) in [4.78, 5) is 0. The molecule has 1 aliphatic heterocycles. The van der Waals surface area contributed by atoms with Crippen LogP contribution in [0.4, 0.5) is 4.39 Å². The minimum Gasteiger partial charge on any atom is -0.396 e. The van der Waals surface area contributed by atoms with Gasteiger partial charge in [0.15, 0.2) is 0 Å². The average Bonchev–Trinajstić information content (AvgIpc) is 2.66. The fourth-order valence-electron chi connectivity index (χ4n) is 2.93. The van der Waals surface area contributed by atoms with Crippen LogP contribution in [0.25, 0.3) is 0 Å². The quantitative estimate of drug-likeness (QED) is 0.711. The third-order valence-corrected chi connectivity index (χ3v) is 3.83. The molecule has 0 fully saturated rings. The van der Waals surface area contributed by atoms with Crippen molar-refractivity contribution in [1.29, 1.82) is 0 Å². The molecule has 0 aromatic carbocycles. The van der Waals surface area contributed by atoms with E-state index in [2.05, 4.69) is 5.32 Å². The Labute approximate surface area is 94.5 Å². The van der Waals surface area contributed by atoms with Gasteiger partial charge < -0.3 is 10.4 Å². The Hall–Kier alpha value is -1.09. The zero-order valence-electron chi connectivity index (χ0n) is 9.17. The second-order valence-corrected chi connectivity index (χ2v) is 4.87. The Morgan fingerprint density at radius 2 is 2.38 bits per heavy atom. The highest BCUT2D eigenvalue weighted by molar-refractivity contribution is 5.50. The molecule has 2 N–H and O–H groups in total. The van der Waals surface area contributed by atoms with Gasteiger partial charge >= 0.3 is 0 Å². The molecule has 1 heterocycles. The first-order chi connectivity index (χ1) is 7.78. The van der Waals surface area contributed by atoms with Crippen LogP contribution in [0, 0.1) is 5.92 Å². The van der Waals surface area contributed by atoms with Crippen molar-refractivity contribution >= 4 is 0 Å². The van der Waals surface area contributed by atoms with Crippen LogP contribution >= 0.6 is 0 Å². The Bertz CT molecular complexity index is 408. The molecule has 0 amide bonds. The third kappa shape index (κ3) is 1.50. The zero-order chi connectivity index (χ0) is 11.1. The van der Waals surface area contributed by atoms with Gasteiger partial charge in [0.25, 0.3) is 0 Å². The summed E-state index contributed by atoms with van der Waals surface area (Å²) in [6.45, 7) is 0.243. The number of aliphatic hydroxyl groups is 1. The predicted octanol–water partition coefficient (Wildman–Crippen LogP) is 2.19. The van der Waals surface area contributed by atoms with Crippen LogP contribution in [0.15, 0.2) is 34.8 Å². The summed E-state index contributed by atoms with van der Waals surface area (Å²) in [5, 5.41) is 12.7. The molecule has 3 aliphatic rings. The number of aliphatic hydroxyl groups excluding tert-OH is 1. The van der Waals surface area contributed by atoms with Gasteiger partial charge in [-0.2, -0.15) is 0 Å². The maximum Gasteiger partial charge on any atom is 0.119 e. The van der Waals surface area contributed by atoms with Crippen LogP contribution < -0.4 is 5.32 Å². The van der Waals surface area contributed by atoms with Crippen LogP contribution in [0.2, 0.25) is 0 Å². The largest absolute Gasteiger partial charge is 0.396 e. The summed E-state index contributed by atoms with van der Waals surface area (Å²) in [7, 11) is 0. The smallest absolute Gasteiger partial charge is 0.119 e. The van der Waals surface area contributed by atoms with E-state index in [1.54, 1.807) is 12.2 Å². The van der Waals surface area contributed by atoms with Gasteiger partial charge in [-0.3, -0.25) is 0 Å². The highest BCUT2D eigenvalue weighted by Crippen LogP contribution is 2.41. The monoisotopic (exact) mass is 221 g/mol. The number of allylic oxidation sites excluding steroid dienone is 3. The van der Waals surface area contributed by atoms with Crippen LogP contribution in [-0.2, 0) is 0 Å². The molecule has 0 aromatic rings. The molecular formula is C13H16FNO. The fraction of sp³-hybridized carbons (Fsp3) is 0.538. The Morgan fingerprint density at radius 1 is 1.50 bits per heavy atom. The highest BCUT2D eigenvalue weighted by atomic mass is 19.1. The summed E-state index contributed by atoms with van der Waals surface area (Å²) in [5.41, 5.74) is 3.66. The van der Waals surface area contributed by atoms with E-state index in [0.29, 0.717) is 5.92 Å². The summed E-state index contributed by atoms with van der Waals surface area (Å²) < 4.78 is 13.2. The molecule has 2 aliphatic carbocycles. The minimum absolute atomic E-state index is 0.118. The maximum atomic E-state index is 13.2. The predicted molar refractivity (Wildman–Crippen MR) is 60.3 cm³/mol. The molecule has 2 nitrogen and oxygen atoms in total. The van der Waals surface area contributed by atoms with Gasteiger partial charge in [-0.25, -0.2) is 4.39 Å². The van der Waals surface area contributed by atoms with E-state index in [9.17, 15) is 9.50 Å². The van der Waals surface area contributed by atoms with E-state index >= 15 is 0 Å². The van der Waals surface area contributed by atoms with Crippen molar-refractivity contribution in [3.63, 3.8) is 0 Å². The van der Waals surface area contributed by atoms with E-state index in [1.165, 1.54) is 11.3 Å². The number of nitrogens with one attached hydrogen (secondary N) is 1. The van der Waals surface area contributed by atoms with E-state index < -0.39 is 0 Å². The lowest BCUT2D eigenvalue weighted by Gasteiger charge is -2.22. The molecule has 0 aromatic heterocycles. The van der Waals surface area contributed by atoms with Crippen molar-refractivity contribution < 1.29 is 9.50 Å². The van der Waals surface area contributed by atoms with Crippen molar-refractivity contribution in [2.24, 2.45) is 5.92 Å². The summed E-state index contributed by atoms with van der Waals surface area (Å²) in [6, 6.07) is 0.280. The van der Waals surface area contributed by atoms with E-state index in [-0.39, 0.29) is 18.5 Å². The summed E-state index contributed by atoms with van der Waals surface area (Å²) in [6.07, 6.45) is 6.98. The van der Waals surface area contributed by atoms with E-state index in [0.717, 1.165) is 31.3 Å². The van der Waals surface area contributed by atoms with Gasteiger partial charge in [0.1, 0.15) is 5.83 Å². The lowest BCUT2D eigenvalue weighted by molar-refractivity contribution is 0.213. The first-order valence-electron chi connectivity index (χ1n) is 5.95. The van der Waals surface area contributed by atoms with Gasteiger partial charge in [0, 0.05) is 12.3 Å². The second kappa shape index (κ2) is 3.74. The normalized spacial score (nSPS) is 32.6. The highest BCUT2D eigenvalue weighted by Gasteiger charge is 2.33. The third-order valence-electron chi connectivity index (χ3n) is 3.83. The minimum atomic E-state index is -0.118. The first kappa shape index (κ1) is 10.1. The molecule has 0 bridgehead atoms. The fourth-order valence-corrected chi connectivity index (χ4v) is 2.93. The lowest BCUT2D eigenvalue weighted by Crippen LogP contribution is -2.24. The van der Waals surface area contributed by atoms with Crippen LogP contribution in [0.3, 0.4) is 0 Å². The van der Waals surface area contributed by atoms with Crippen LogP contribution in [0.5, 0.6) is 0 Å². The SMILES string of the molecule is OC[C@@H]1CCC2=C(C1)C1=CC(F)=CC[C@H]1N2. The zero-order valence-corrected chi connectivity index (χ0v) is 9.17. The van der Waals surface area contributed by atoms with Crippen LogP contribution in [0.1, 0.15) is 25.7 Å². The lowest BCUT2D eigenvalue weighted by atomic mass is 9.83. The van der Waals surface area contributed by atoms with Gasteiger partial charge in [0.05, 0.1) is 6.04 Å². The van der Waals surface area contributed by atoms with E-state index in [1.807, 2.05) is 0 Å². The Kier molecular flexibility index (Phi) is 2.36. The van der Waals surface area contributed by atoms with Gasteiger partial charge in [-0.1, -0.05) is 0 Å². The number of rotatable bonds is 1. The molecule has 16 heavy (non-hydrogen) atoms. The number of fused-ring (bicyclic) bond motifs is 2. The second-order valence-electron chi connectivity index (χ2n) is 4.87. The van der Waals surface area contributed by atoms with Crippen molar-refractivity contribution in [3.8, 4) is 0 Å². The molecule has 3 heteroatoms. The van der Waals surface area contributed by atoms with E-state index in [4.69, 9.17) is 0 Å². The Balaban J connectivity index is 1.91. The number of hydrogen-bond donors (Lipinski definition) is 2. The summed E-state index contributed by atoms with van der Waals surface area (Å²) in [5.74, 6) is 0.238. The van der Waals surface area contributed by atoms with Crippen molar-refractivity contribution in [3.05, 3.63) is 34.8 Å². The topological polar surface area (TPSA) is 32.3 Å². The molecule has 0 radical (unpaired) electrons. The molecule has 0 saturated heterocycles. The molecule has 0 spiro atoms. The van der Waals surface area contributed by atoms with Crippen LogP contribution in [-0.4, -0.2) is 17.8 Å². The van der Waals surface area contributed by atoms with Crippen molar-refractivity contribution in [1.82, 2.24) is 5.32 Å². The molecule has 3 rings (SSSR count). The molecule has 2 atom stereocenters. The summed E-state index contributed by atoms with van der Waals surface area (Å²) >= 11 is 0. The van der Waals surface area contributed by atoms with Crippen molar-refractivity contribution in [2.75, 3.05) is 6.61 Å². The number of hydrogen-bond acceptors (Lipinski definition) is 2. The Morgan fingerprint density at radius 3 is 3.19 bits per heavy atom. The number of halogens is 1. The van der Waals surface area contributed by atoms with Gasteiger partial charge in [-0.05, 0) is 54.9 Å². The average molecular weight is 221 g/mol. The van der Waals surface area contributed by atoms with Gasteiger partial charge in [-0.15, -0.1) is 0 Å². The molecular weight excluding hydrogens is 205 g/mol. The van der Waals surface area contributed by atoms with Crippen molar-refractivity contribution in [2.45, 2.75) is 31.7 Å². The molecule has 0 saturated carbocycles.